The van der Waals surface area contributed by atoms with Crippen molar-refractivity contribution in [3.8, 4) is 0 Å². The number of hydrogen-bond acceptors (Lipinski definition) is 5. The van der Waals surface area contributed by atoms with E-state index in [1.165, 1.54) is 0 Å². The van der Waals surface area contributed by atoms with Crippen LogP contribution in [-0.4, -0.2) is 73.5 Å². The Morgan fingerprint density at radius 3 is 2.14 bits per heavy atom. The molecule has 0 saturated carbocycles. The van der Waals surface area contributed by atoms with Gasteiger partial charge >= 0.3 is 6.09 Å². The predicted molar refractivity (Wildman–Crippen MR) is 183 cm³/mol. The summed E-state index contributed by atoms with van der Waals surface area (Å²) in [6, 6.07) is 25.4. The van der Waals surface area contributed by atoms with Crippen LogP contribution in [0.2, 0.25) is 10.0 Å². The molecule has 1 atom stereocenters. The Labute approximate surface area is 283 Å². The van der Waals surface area contributed by atoms with Gasteiger partial charge in [0.15, 0.2) is 0 Å². The van der Waals surface area contributed by atoms with Crippen molar-refractivity contribution in [2.75, 3.05) is 46.8 Å². The Morgan fingerprint density at radius 1 is 0.932 bits per heavy atom. The summed E-state index contributed by atoms with van der Waals surface area (Å²) in [5, 5.41) is 4.22. The number of amides is 2. The molecule has 7 nitrogen and oxygen atoms in total. The first-order chi connectivity index (χ1) is 20.2. The maximum atomic E-state index is 12.9. The smallest absolute Gasteiger partial charge is 0.409 e. The second kappa shape index (κ2) is 17.8. The quantitative estimate of drug-likeness (QED) is 0.232. The molecule has 44 heavy (non-hydrogen) atoms. The minimum absolute atomic E-state index is 0. The number of rotatable bonds is 11. The summed E-state index contributed by atoms with van der Waals surface area (Å²) in [6.45, 7) is 5.58. The molecule has 11 heteroatoms. The SMILES string of the molecule is CC(=O)NC1(c2ccccc2)CCN(CCN(C)C(CN(C)C(=O)OCc2ccccc2)c2ccc(Cl)c(Cl)c2)CC1.Cl.Cl. The van der Waals surface area contributed by atoms with Crippen molar-refractivity contribution in [1.82, 2.24) is 20.0 Å². The van der Waals surface area contributed by atoms with Crippen molar-refractivity contribution in [3.63, 3.8) is 0 Å². The zero-order valence-electron chi connectivity index (χ0n) is 25.4. The molecule has 1 aliphatic rings. The molecule has 0 aromatic heterocycles. The number of likely N-dealkylation sites (tertiary alicyclic amines) is 1. The monoisotopic (exact) mass is 682 g/mol. The zero-order chi connectivity index (χ0) is 30.1. The maximum Gasteiger partial charge on any atom is 0.409 e. The summed E-state index contributed by atoms with van der Waals surface area (Å²) in [4.78, 5) is 31.3. The average Bonchev–Trinajstić information content (AvgIpc) is 3.00. The van der Waals surface area contributed by atoms with Crippen molar-refractivity contribution < 1.29 is 14.3 Å². The van der Waals surface area contributed by atoms with E-state index in [-0.39, 0.29) is 55.0 Å². The summed E-state index contributed by atoms with van der Waals surface area (Å²) in [7, 11) is 3.81. The summed E-state index contributed by atoms with van der Waals surface area (Å²) < 4.78 is 5.57. The Hall–Kier alpha value is -2.52. The number of nitrogens with zero attached hydrogens (tertiary/aromatic N) is 3. The first kappa shape index (κ1) is 37.7. The van der Waals surface area contributed by atoms with Gasteiger partial charge < -0.3 is 19.9 Å². The van der Waals surface area contributed by atoms with E-state index in [9.17, 15) is 9.59 Å². The number of carbonyl (C=O) groups is 2. The number of ether oxygens (including phenoxy) is 1. The van der Waals surface area contributed by atoms with Gasteiger partial charge in [-0.3, -0.25) is 9.69 Å². The van der Waals surface area contributed by atoms with Crippen LogP contribution in [0.15, 0.2) is 78.9 Å². The first-order valence-electron chi connectivity index (χ1n) is 14.3. The molecular weight excluding hydrogens is 642 g/mol. The van der Waals surface area contributed by atoms with Crippen LogP contribution in [0.4, 0.5) is 4.79 Å². The van der Waals surface area contributed by atoms with Gasteiger partial charge in [-0.05, 0) is 48.7 Å². The number of nitrogens with one attached hydrogen (secondary N) is 1. The molecule has 3 aromatic rings. The first-order valence-corrected chi connectivity index (χ1v) is 15.1. The molecule has 3 aromatic carbocycles. The van der Waals surface area contributed by atoms with E-state index in [0.717, 1.165) is 55.7 Å². The molecule has 0 aliphatic carbocycles. The highest BCUT2D eigenvalue weighted by molar-refractivity contribution is 6.42. The molecule has 1 aliphatic heterocycles. The van der Waals surface area contributed by atoms with Crippen molar-refractivity contribution in [2.24, 2.45) is 0 Å². The number of hydrogen-bond donors (Lipinski definition) is 1. The van der Waals surface area contributed by atoms with Gasteiger partial charge in [0, 0.05) is 46.7 Å². The van der Waals surface area contributed by atoms with Crippen molar-refractivity contribution in [3.05, 3.63) is 106 Å². The lowest BCUT2D eigenvalue weighted by Crippen LogP contribution is -2.53. The molecule has 1 fully saturated rings. The van der Waals surface area contributed by atoms with E-state index < -0.39 is 0 Å². The average molecular weight is 685 g/mol. The van der Waals surface area contributed by atoms with E-state index >= 15 is 0 Å². The van der Waals surface area contributed by atoms with E-state index in [2.05, 4.69) is 34.3 Å². The molecule has 0 spiro atoms. The molecular formula is C33H42Cl4N4O3. The van der Waals surface area contributed by atoms with E-state index in [1.807, 2.05) is 60.7 Å². The molecule has 4 rings (SSSR count). The lowest BCUT2D eigenvalue weighted by atomic mass is 9.80. The number of benzene rings is 3. The molecule has 240 valence electrons. The Bertz CT molecular complexity index is 1330. The Balaban J connectivity index is 0.00000337. The van der Waals surface area contributed by atoms with Crippen LogP contribution >= 0.6 is 48.0 Å². The predicted octanol–water partition coefficient (Wildman–Crippen LogP) is 7.21. The largest absolute Gasteiger partial charge is 0.445 e. The summed E-state index contributed by atoms with van der Waals surface area (Å²) in [5.74, 6) is -0.0112. The van der Waals surface area contributed by atoms with Crippen LogP contribution in [0.3, 0.4) is 0 Å². The van der Waals surface area contributed by atoms with Crippen molar-refractivity contribution >= 4 is 60.0 Å². The highest BCUT2D eigenvalue weighted by Gasteiger charge is 2.37. The van der Waals surface area contributed by atoms with Crippen LogP contribution in [0, 0.1) is 0 Å². The zero-order valence-corrected chi connectivity index (χ0v) is 28.5. The van der Waals surface area contributed by atoms with E-state index in [0.29, 0.717) is 16.6 Å². The fraction of sp³-hybridized carbons (Fsp3) is 0.394. The lowest BCUT2D eigenvalue weighted by molar-refractivity contribution is -0.121. The van der Waals surface area contributed by atoms with Gasteiger partial charge in [-0.2, -0.15) is 0 Å². The van der Waals surface area contributed by atoms with E-state index in [4.69, 9.17) is 27.9 Å². The van der Waals surface area contributed by atoms with Crippen LogP contribution in [-0.2, 0) is 21.7 Å². The number of halogens is 4. The third-order valence-electron chi connectivity index (χ3n) is 8.04. The minimum atomic E-state index is -0.386. The van der Waals surface area contributed by atoms with Crippen LogP contribution in [0.25, 0.3) is 0 Å². The minimum Gasteiger partial charge on any atom is -0.445 e. The molecule has 1 N–H and O–H groups in total. The number of likely N-dealkylation sites (N-methyl/N-ethyl adjacent to an activating group) is 2. The highest BCUT2D eigenvalue weighted by Crippen LogP contribution is 2.33. The third kappa shape index (κ3) is 10.3. The lowest BCUT2D eigenvalue weighted by Gasteiger charge is -2.43. The fourth-order valence-corrected chi connectivity index (χ4v) is 5.88. The standard InChI is InChI=1S/C33H40Cl2N4O3.2ClH/c1-25(40)36-33(28-12-8-5-9-13-28)16-18-39(19-17-33)21-20-37(2)31(27-14-15-29(34)30(35)22-27)23-38(3)32(41)42-24-26-10-6-4-7-11-26;;/h4-15,22,31H,16-21,23-24H2,1-3H3,(H,36,40);2*1H. The second-order valence-electron chi connectivity index (χ2n) is 11.1. The maximum absolute atomic E-state index is 12.9. The fourth-order valence-electron chi connectivity index (χ4n) is 5.58. The molecule has 2 amide bonds. The summed E-state index contributed by atoms with van der Waals surface area (Å²) >= 11 is 12.6. The molecule has 0 bridgehead atoms. The normalized spacial score (nSPS) is 15.0. The summed E-state index contributed by atoms with van der Waals surface area (Å²) in [6.07, 6.45) is 1.29. The van der Waals surface area contributed by atoms with Gasteiger partial charge in [-0.15, -0.1) is 24.8 Å². The van der Waals surface area contributed by atoms with Crippen LogP contribution in [0.1, 0.15) is 42.5 Å². The topological polar surface area (TPSA) is 65.1 Å². The van der Waals surface area contributed by atoms with Crippen molar-refractivity contribution in [1.29, 1.82) is 0 Å². The second-order valence-corrected chi connectivity index (χ2v) is 11.9. The van der Waals surface area contributed by atoms with Crippen LogP contribution < -0.4 is 5.32 Å². The molecule has 1 saturated heterocycles. The van der Waals surface area contributed by atoms with Gasteiger partial charge in [-0.1, -0.05) is 89.9 Å². The highest BCUT2D eigenvalue weighted by atomic mass is 35.5. The molecule has 1 unspecified atom stereocenters. The van der Waals surface area contributed by atoms with Gasteiger partial charge in [0.25, 0.3) is 0 Å². The van der Waals surface area contributed by atoms with E-state index in [1.54, 1.807) is 24.9 Å². The third-order valence-corrected chi connectivity index (χ3v) is 8.78. The number of carbonyl (C=O) groups excluding carboxylic acids is 2. The van der Waals surface area contributed by atoms with Crippen molar-refractivity contribution in [2.45, 2.75) is 38.0 Å². The van der Waals surface area contributed by atoms with Gasteiger partial charge in [0.05, 0.1) is 21.6 Å². The Kier molecular flexibility index (Phi) is 15.3. The van der Waals surface area contributed by atoms with Crippen LogP contribution in [0.5, 0.6) is 0 Å². The number of piperidine rings is 1. The van der Waals surface area contributed by atoms with Gasteiger partial charge in [-0.25, -0.2) is 4.79 Å². The molecule has 0 radical (unpaired) electrons. The van der Waals surface area contributed by atoms with Gasteiger partial charge in [0.2, 0.25) is 5.91 Å². The summed E-state index contributed by atoms with van der Waals surface area (Å²) in [5.41, 5.74) is 2.72. The molecule has 1 heterocycles. The Morgan fingerprint density at radius 2 is 1.55 bits per heavy atom. The van der Waals surface area contributed by atoms with Gasteiger partial charge in [0.1, 0.15) is 6.61 Å².